The molecule has 0 radical (unpaired) electrons. The van der Waals surface area contributed by atoms with Gasteiger partial charge in [-0.05, 0) is 11.6 Å². The molecule has 0 aliphatic heterocycles. The van der Waals surface area contributed by atoms with E-state index in [1.165, 1.54) is 5.56 Å². The van der Waals surface area contributed by atoms with Crippen molar-refractivity contribution in [1.82, 2.24) is 0 Å². The first kappa shape index (κ1) is 6.21. The highest BCUT2D eigenvalue weighted by Crippen LogP contribution is 2.08. The molecule has 9 heavy (non-hydrogen) atoms. The van der Waals surface area contributed by atoms with Crippen molar-refractivity contribution in [3.8, 4) is 0 Å². The van der Waals surface area contributed by atoms with Gasteiger partial charge in [-0.15, -0.1) is 0 Å². The Labute approximate surface area is 56.3 Å². The number of para-hydroxylation sites is 1. The molecule has 0 atom stereocenters. The van der Waals surface area contributed by atoms with Crippen molar-refractivity contribution >= 4 is 13.5 Å². The van der Waals surface area contributed by atoms with Crippen molar-refractivity contribution in [2.75, 3.05) is 5.73 Å². The molecule has 0 amide bonds. The van der Waals surface area contributed by atoms with E-state index in [9.17, 15) is 0 Å². The lowest BCUT2D eigenvalue weighted by Crippen LogP contribution is -1.92. The Bertz CT molecular complexity index is 198. The van der Waals surface area contributed by atoms with Crippen molar-refractivity contribution in [3.05, 3.63) is 29.8 Å². The van der Waals surface area contributed by atoms with Gasteiger partial charge in [0.15, 0.2) is 0 Å². The van der Waals surface area contributed by atoms with Gasteiger partial charge in [0.1, 0.15) is 7.85 Å². The Morgan fingerprint density at radius 3 is 2.44 bits per heavy atom. The Morgan fingerprint density at radius 1 is 1.33 bits per heavy atom. The summed E-state index contributed by atoms with van der Waals surface area (Å²) in [7, 11) is 2.10. The van der Waals surface area contributed by atoms with Crippen LogP contribution in [0.1, 0.15) is 5.56 Å². The maximum atomic E-state index is 5.63. The number of nitrogens with two attached hydrogens (primary N) is 1. The second kappa shape index (κ2) is 2.58. The first-order valence-corrected chi connectivity index (χ1v) is 3.18. The van der Waals surface area contributed by atoms with E-state index in [4.69, 9.17) is 5.73 Å². The van der Waals surface area contributed by atoms with Gasteiger partial charge in [0, 0.05) is 5.69 Å². The van der Waals surface area contributed by atoms with E-state index in [-0.39, 0.29) is 0 Å². The molecule has 0 spiro atoms. The molecular weight excluding hydrogens is 109 g/mol. The number of nitrogen functional groups attached to an aromatic ring is 1. The Morgan fingerprint density at radius 2 is 2.00 bits per heavy atom. The molecule has 0 aromatic heterocycles. The smallest absolute Gasteiger partial charge is 0.107 e. The summed E-state index contributed by atoms with van der Waals surface area (Å²) in [4.78, 5) is 0. The number of rotatable bonds is 1. The van der Waals surface area contributed by atoms with Crippen LogP contribution in [0, 0.1) is 0 Å². The lowest BCUT2D eigenvalue weighted by molar-refractivity contribution is 1.40. The summed E-state index contributed by atoms with van der Waals surface area (Å²) in [6.45, 7) is 0. The largest absolute Gasteiger partial charge is 0.399 e. The minimum Gasteiger partial charge on any atom is -0.399 e. The monoisotopic (exact) mass is 119 g/mol. The fourth-order valence-corrected chi connectivity index (χ4v) is 0.856. The summed E-state index contributed by atoms with van der Waals surface area (Å²) in [5, 5.41) is 0. The van der Waals surface area contributed by atoms with Gasteiger partial charge in [0.2, 0.25) is 0 Å². The van der Waals surface area contributed by atoms with Gasteiger partial charge in [0.25, 0.3) is 0 Å². The average Bonchev–Trinajstić information content (AvgIpc) is 1.89. The van der Waals surface area contributed by atoms with Crippen molar-refractivity contribution in [2.24, 2.45) is 0 Å². The second-order valence-electron chi connectivity index (χ2n) is 2.05. The van der Waals surface area contributed by atoms with Gasteiger partial charge in [0.05, 0.1) is 0 Å². The normalized spacial score (nSPS) is 9.33. The van der Waals surface area contributed by atoms with Crippen LogP contribution in [0.5, 0.6) is 0 Å². The first-order valence-electron chi connectivity index (χ1n) is 3.18. The van der Waals surface area contributed by atoms with Crippen molar-refractivity contribution < 1.29 is 0 Å². The number of hydrogen-bond acceptors (Lipinski definition) is 1. The van der Waals surface area contributed by atoms with Gasteiger partial charge in [-0.25, -0.2) is 0 Å². The van der Waals surface area contributed by atoms with E-state index < -0.39 is 0 Å². The van der Waals surface area contributed by atoms with Crippen LogP contribution in [0.25, 0.3) is 0 Å². The maximum Gasteiger partial charge on any atom is 0.107 e. The molecule has 0 unspecified atom stereocenters. The highest BCUT2D eigenvalue weighted by Gasteiger charge is 1.90. The van der Waals surface area contributed by atoms with E-state index in [2.05, 4.69) is 13.9 Å². The molecule has 46 valence electrons. The zero-order valence-corrected chi connectivity index (χ0v) is 5.59. The minimum atomic E-state index is 0.903. The van der Waals surface area contributed by atoms with Gasteiger partial charge < -0.3 is 5.73 Å². The minimum absolute atomic E-state index is 0.903. The lowest BCUT2D eigenvalue weighted by Gasteiger charge is -1.98. The molecule has 1 aromatic carbocycles. The average molecular weight is 119 g/mol. The molecule has 0 fully saturated rings. The van der Waals surface area contributed by atoms with E-state index in [0.29, 0.717) is 0 Å². The van der Waals surface area contributed by atoms with Crippen molar-refractivity contribution in [1.29, 1.82) is 0 Å². The highest BCUT2D eigenvalue weighted by molar-refractivity contribution is 6.08. The summed E-state index contributed by atoms with van der Waals surface area (Å²) in [6.07, 6.45) is 1.02. The van der Waals surface area contributed by atoms with Crippen LogP contribution in [0.4, 0.5) is 5.69 Å². The summed E-state index contributed by atoms with van der Waals surface area (Å²) in [6, 6.07) is 7.94. The standard InChI is InChI=1S/C7H10BN/c8-5-6-3-1-2-4-7(6)9/h1-4H,5,8-9H2. The van der Waals surface area contributed by atoms with Crippen LogP contribution in [-0.2, 0) is 6.32 Å². The molecule has 0 saturated carbocycles. The summed E-state index contributed by atoms with van der Waals surface area (Å²) < 4.78 is 0. The third-order valence-corrected chi connectivity index (χ3v) is 1.44. The number of hydrogen-bond donors (Lipinski definition) is 1. The van der Waals surface area contributed by atoms with E-state index in [1.807, 2.05) is 18.2 Å². The molecule has 0 aliphatic carbocycles. The summed E-state index contributed by atoms with van der Waals surface area (Å²) in [5.41, 5.74) is 7.77. The molecule has 0 heterocycles. The predicted molar refractivity (Wildman–Crippen MR) is 43.1 cm³/mol. The van der Waals surface area contributed by atoms with E-state index in [1.54, 1.807) is 0 Å². The van der Waals surface area contributed by atoms with Crippen LogP contribution in [0.3, 0.4) is 0 Å². The van der Waals surface area contributed by atoms with Crippen LogP contribution in [0.15, 0.2) is 24.3 Å². The first-order chi connectivity index (χ1) is 4.34. The molecule has 2 N–H and O–H groups in total. The van der Waals surface area contributed by atoms with Crippen molar-refractivity contribution in [2.45, 2.75) is 6.32 Å². The number of benzene rings is 1. The van der Waals surface area contributed by atoms with Crippen molar-refractivity contribution in [3.63, 3.8) is 0 Å². The van der Waals surface area contributed by atoms with Crippen LogP contribution in [-0.4, -0.2) is 7.85 Å². The van der Waals surface area contributed by atoms with Crippen LogP contribution < -0.4 is 5.73 Å². The Hall–Kier alpha value is -0.915. The zero-order chi connectivity index (χ0) is 6.69. The molecule has 0 aliphatic rings. The number of anilines is 1. The fraction of sp³-hybridized carbons (Fsp3) is 0.143. The molecule has 0 saturated heterocycles. The SMILES string of the molecule is BCc1ccccc1N. The second-order valence-corrected chi connectivity index (χ2v) is 2.05. The maximum absolute atomic E-state index is 5.63. The Balaban J connectivity index is 3.01. The molecule has 1 aromatic rings. The third-order valence-electron chi connectivity index (χ3n) is 1.44. The fourth-order valence-electron chi connectivity index (χ4n) is 0.856. The molecule has 1 rings (SSSR count). The third kappa shape index (κ3) is 1.25. The Kier molecular flexibility index (Phi) is 1.78. The van der Waals surface area contributed by atoms with E-state index in [0.717, 1.165) is 12.0 Å². The molecular formula is C7H10BN. The zero-order valence-electron chi connectivity index (χ0n) is 5.59. The van der Waals surface area contributed by atoms with Gasteiger partial charge in [-0.1, -0.05) is 24.5 Å². The summed E-state index contributed by atoms with van der Waals surface area (Å²) in [5.74, 6) is 0. The van der Waals surface area contributed by atoms with Crippen LogP contribution >= 0.6 is 0 Å². The highest BCUT2D eigenvalue weighted by atomic mass is 14.5. The van der Waals surface area contributed by atoms with Gasteiger partial charge in [-0.2, -0.15) is 0 Å². The topological polar surface area (TPSA) is 26.0 Å². The quantitative estimate of drug-likeness (QED) is 0.420. The molecule has 1 nitrogen and oxygen atoms in total. The van der Waals surface area contributed by atoms with Gasteiger partial charge in [-0.3, -0.25) is 0 Å². The lowest BCUT2D eigenvalue weighted by atomic mass is 9.96. The predicted octanol–water partition coefficient (Wildman–Crippen LogP) is 0.402. The molecule has 2 heteroatoms. The van der Waals surface area contributed by atoms with E-state index >= 15 is 0 Å². The summed E-state index contributed by atoms with van der Waals surface area (Å²) >= 11 is 0. The van der Waals surface area contributed by atoms with Crippen LogP contribution in [0.2, 0.25) is 0 Å². The van der Waals surface area contributed by atoms with Gasteiger partial charge >= 0.3 is 0 Å². The molecule has 0 bridgehead atoms.